The number of hydrogen-bond donors (Lipinski definition) is 2. The monoisotopic (exact) mass is 370 g/mol. The Morgan fingerprint density at radius 1 is 1.43 bits per heavy atom. The molecule has 0 bridgehead atoms. The molecule has 0 radical (unpaired) electrons. The molecule has 2 aromatic heterocycles. The van der Waals surface area contributed by atoms with Gasteiger partial charge in [0.15, 0.2) is 5.17 Å². The second-order valence-corrected chi connectivity index (χ2v) is 7.99. The standard InChI is InChI=1S/C15H18N4OS2.ClH/c1-8-2-3-9-10(6-8)22-14-12(9)13(20)18-11(19-14)7-21-15-16-4-5-17-15;/h8H,2-7H2,1H3,(H,16,17)(H,18,19,20);1H. The van der Waals surface area contributed by atoms with Crippen LogP contribution in [0.15, 0.2) is 9.79 Å². The Hall–Kier alpha value is -1.05. The molecule has 0 saturated heterocycles. The lowest BCUT2D eigenvalue weighted by atomic mass is 9.89. The number of thiophene rings is 1. The van der Waals surface area contributed by atoms with E-state index in [-0.39, 0.29) is 18.0 Å². The van der Waals surface area contributed by atoms with Crippen molar-refractivity contribution in [1.82, 2.24) is 15.3 Å². The van der Waals surface area contributed by atoms with Gasteiger partial charge < -0.3 is 10.3 Å². The van der Waals surface area contributed by atoms with Crippen LogP contribution < -0.4 is 10.9 Å². The maximum absolute atomic E-state index is 12.5. The van der Waals surface area contributed by atoms with Crippen LogP contribution in [0.5, 0.6) is 0 Å². The molecular formula is C15H19ClN4OS2. The number of aromatic nitrogens is 2. The van der Waals surface area contributed by atoms with Crippen molar-refractivity contribution >= 4 is 50.9 Å². The number of aromatic amines is 1. The Bertz CT molecular complexity index is 814. The first-order valence-corrected chi connectivity index (χ1v) is 9.45. The first kappa shape index (κ1) is 16.8. The summed E-state index contributed by atoms with van der Waals surface area (Å²) in [7, 11) is 0. The highest BCUT2D eigenvalue weighted by Gasteiger charge is 2.23. The molecule has 5 nitrogen and oxygen atoms in total. The Labute approximate surface area is 148 Å². The molecule has 1 aliphatic heterocycles. The van der Waals surface area contributed by atoms with Crippen molar-refractivity contribution in [3.63, 3.8) is 0 Å². The van der Waals surface area contributed by atoms with E-state index in [9.17, 15) is 4.79 Å². The average Bonchev–Trinajstić information content (AvgIpc) is 3.11. The summed E-state index contributed by atoms with van der Waals surface area (Å²) in [6.07, 6.45) is 3.26. The van der Waals surface area contributed by atoms with E-state index < -0.39 is 0 Å². The van der Waals surface area contributed by atoms with Crippen LogP contribution in [0, 0.1) is 5.92 Å². The third kappa shape index (κ3) is 3.27. The second kappa shape index (κ2) is 6.83. The van der Waals surface area contributed by atoms with Crippen LogP contribution >= 0.6 is 35.5 Å². The zero-order chi connectivity index (χ0) is 15.1. The number of fused-ring (bicyclic) bond motifs is 3. The Morgan fingerprint density at radius 3 is 3.09 bits per heavy atom. The van der Waals surface area contributed by atoms with Gasteiger partial charge in [0.05, 0.1) is 17.7 Å². The lowest BCUT2D eigenvalue weighted by Crippen LogP contribution is -2.17. The van der Waals surface area contributed by atoms with Gasteiger partial charge in [-0.05, 0) is 30.7 Å². The van der Waals surface area contributed by atoms with E-state index in [1.165, 1.54) is 16.9 Å². The molecule has 3 heterocycles. The van der Waals surface area contributed by atoms with Gasteiger partial charge in [0, 0.05) is 11.4 Å². The minimum absolute atomic E-state index is 0. The number of nitrogens with one attached hydrogen (secondary N) is 2. The number of halogens is 1. The van der Waals surface area contributed by atoms with Crippen LogP contribution in [0.25, 0.3) is 10.2 Å². The van der Waals surface area contributed by atoms with E-state index in [4.69, 9.17) is 0 Å². The minimum atomic E-state index is 0. The average molecular weight is 371 g/mol. The molecule has 1 aliphatic carbocycles. The van der Waals surface area contributed by atoms with Crippen LogP contribution in [0.4, 0.5) is 0 Å². The lowest BCUT2D eigenvalue weighted by molar-refractivity contribution is 0.509. The third-order valence-corrected chi connectivity index (χ3v) is 6.32. The van der Waals surface area contributed by atoms with E-state index in [1.807, 2.05) is 0 Å². The summed E-state index contributed by atoms with van der Waals surface area (Å²) < 4.78 is 0. The van der Waals surface area contributed by atoms with Gasteiger partial charge in [-0.1, -0.05) is 18.7 Å². The zero-order valence-electron chi connectivity index (χ0n) is 12.8. The number of nitrogens with zero attached hydrogens (tertiary/aromatic N) is 2. The van der Waals surface area contributed by atoms with E-state index in [0.717, 1.165) is 47.1 Å². The third-order valence-electron chi connectivity index (χ3n) is 4.20. The van der Waals surface area contributed by atoms with Crippen molar-refractivity contribution < 1.29 is 0 Å². The summed E-state index contributed by atoms with van der Waals surface area (Å²) >= 11 is 3.30. The summed E-state index contributed by atoms with van der Waals surface area (Å²) in [5.41, 5.74) is 1.27. The highest BCUT2D eigenvalue weighted by atomic mass is 35.5. The van der Waals surface area contributed by atoms with Crippen molar-refractivity contribution in [2.24, 2.45) is 10.9 Å². The topological polar surface area (TPSA) is 70.1 Å². The van der Waals surface area contributed by atoms with Gasteiger partial charge in [-0.15, -0.1) is 23.7 Å². The predicted octanol–water partition coefficient (Wildman–Crippen LogP) is 2.72. The molecule has 2 N–H and O–H groups in total. The van der Waals surface area contributed by atoms with Gasteiger partial charge >= 0.3 is 0 Å². The number of amidine groups is 1. The summed E-state index contributed by atoms with van der Waals surface area (Å²) in [4.78, 5) is 26.7. The van der Waals surface area contributed by atoms with Gasteiger partial charge in [-0.2, -0.15) is 0 Å². The minimum Gasteiger partial charge on any atom is -0.363 e. The fourth-order valence-electron chi connectivity index (χ4n) is 3.07. The molecule has 4 rings (SSSR count). The van der Waals surface area contributed by atoms with Crippen LogP contribution in [0.1, 0.15) is 29.6 Å². The van der Waals surface area contributed by atoms with Gasteiger partial charge in [0.25, 0.3) is 5.56 Å². The first-order chi connectivity index (χ1) is 10.7. The SMILES string of the molecule is CC1CCc2c(sc3nc(CSC4=NCCN4)[nH]c(=O)c23)C1.Cl. The maximum atomic E-state index is 12.5. The normalized spacial score (nSPS) is 19.9. The fourth-order valence-corrected chi connectivity index (χ4v) is 5.27. The van der Waals surface area contributed by atoms with Crippen LogP contribution in [-0.2, 0) is 18.6 Å². The molecule has 2 aliphatic rings. The Balaban J connectivity index is 0.00000156. The van der Waals surface area contributed by atoms with Gasteiger partial charge in [-0.25, -0.2) is 4.98 Å². The number of rotatable bonds is 2. The van der Waals surface area contributed by atoms with Crippen LogP contribution in [0.2, 0.25) is 0 Å². The Kier molecular flexibility index (Phi) is 4.98. The summed E-state index contributed by atoms with van der Waals surface area (Å²) in [6.45, 7) is 4.02. The van der Waals surface area contributed by atoms with Crippen molar-refractivity contribution in [2.75, 3.05) is 13.1 Å². The van der Waals surface area contributed by atoms with E-state index in [1.54, 1.807) is 23.1 Å². The molecule has 124 valence electrons. The van der Waals surface area contributed by atoms with E-state index in [2.05, 4.69) is 27.2 Å². The second-order valence-electron chi connectivity index (χ2n) is 5.95. The van der Waals surface area contributed by atoms with Crippen molar-refractivity contribution in [3.05, 3.63) is 26.6 Å². The molecule has 0 amide bonds. The molecule has 0 spiro atoms. The summed E-state index contributed by atoms with van der Waals surface area (Å²) in [5, 5.41) is 5.00. The summed E-state index contributed by atoms with van der Waals surface area (Å²) in [6, 6.07) is 0. The first-order valence-electron chi connectivity index (χ1n) is 7.65. The molecule has 23 heavy (non-hydrogen) atoms. The molecular weight excluding hydrogens is 352 g/mol. The number of H-pyrrole nitrogens is 1. The molecule has 0 fully saturated rings. The van der Waals surface area contributed by atoms with Gasteiger partial charge in [0.1, 0.15) is 10.7 Å². The molecule has 8 heteroatoms. The highest BCUT2D eigenvalue weighted by molar-refractivity contribution is 8.13. The van der Waals surface area contributed by atoms with E-state index in [0.29, 0.717) is 11.7 Å². The molecule has 0 aromatic carbocycles. The highest BCUT2D eigenvalue weighted by Crippen LogP contribution is 2.35. The quantitative estimate of drug-likeness (QED) is 0.852. The lowest BCUT2D eigenvalue weighted by Gasteiger charge is -2.17. The predicted molar refractivity (Wildman–Crippen MR) is 100 cm³/mol. The van der Waals surface area contributed by atoms with Crippen LogP contribution in [0.3, 0.4) is 0 Å². The number of hydrogen-bond acceptors (Lipinski definition) is 6. The summed E-state index contributed by atoms with van der Waals surface area (Å²) in [5.74, 6) is 2.10. The number of thioether (sulfide) groups is 1. The van der Waals surface area contributed by atoms with Crippen LogP contribution in [-0.4, -0.2) is 28.2 Å². The number of aryl methyl sites for hydroxylation is 1. The van der Waals surface area contributed by atoms with E-state index >= 15 is 0 Å². The molecule has 1 unspecified atom stereocenters. The van der Waals surface area contributed by atoms with Gasteiger partial charge in [-0.3, -0.25) is 9.79 Å². The maximum Gasteiger partial charge on any atom is 0.259 e. The molecule has 2 aromatic rings. The fraction of sp³-hybridized carbons (Fsp3) is 0.533. The Morgan fingerprint density at radius 2 is 2.30 bits per heavy atom. The molecule has 1 atom stereocenters. The zero-order valence-corrected chi connectivity index (χ0v) is 15.3. The van der Waals surface area contributed by atoms with Crippen molar-refractivity contribution in [2.45, 2.75) is 31.9 Å². The smallest absolute Gasteiger partial charge is 0.259 e. The number of aliphatic imine (C=N–C) groups is 1. The van der Waals surface area contributed by atoms with Gasteiger partial charge in [0.2, 0.25) is 0 Å². The molecule has 0 saturated carbocycles. The van der Waals surface area contributed by atoms with Crippen molar-refractivity contribution in [3.8, 4) is 0 Å². The van der Waals surface area contributed by atoms with Crippen molar-refractivity contribution in [1.29, 1.82) is 0 Å². The largest absolute Gasteiger partial charge is 0.363 e.